The summed E-state index contributed by atoms with van der Waals surface area (Å²) in [6, 6.07) is 0. The van der Waals surface area contributed by atoms with E-state index in [2.05, 4.69) is 25.0 Å². The molecule has 0 aliphatic carbocycles. The Labute approximate surface area is 62.0 Å². The summed E-state index contributed by atoms with van der Waals surface area (Å²) in [5.41, 5.74) is 0. The average molecular weight is 142 g/mol. The molecule has 0 unspecified atom stereocenters. The molecule has 0 radical (unpaired) electrons. The molecule has 0 amide bonds. The third-order valence-electron chi connectivity index (χ3n) is 0.897. The van der Waals surface area contributed by atoms with Gasteiger partial charge >= 0.3 is 0 Å². The molecule has 0 aromatic rings. The lowest BCUT2D eigenvalue weighted by Gasteiger charge is -1.84. The van der Waals surface area contributed by atoms with Gasteiger partial charge in [0.2, 0.25) is 0 Å². The van der Waals surface area contributed by atoms with Crippen molar-refractivity contribution in [1.82, 2.24) is 0 Å². The van der Waals surface area contributed by atoms with Gasteiger partial charge in [-0.05, 0) is 24.0 Å². The molecule has 0 saturated heterocycles. The number of hydrogen-bond acceptors (Lipinski definition) is 1. The molecule has 0 nitrogen and oxygen atoms in total. The van der Waals surface area contributed by atoms with E-state index in [0.717, 1.165) is 12.8 Å². The average Bonchev–Trinajstić information content (AvgIpc) is 1.89. The van der Waals surface area contributed by atoms with E-state index in [-0.39, 0.29) is 0 Å². The van der Waals surface area contributed by atoms with Crippen LogP contribution in [0.25, 0.3) is 0 Å². The van der Waals surface area contributed by atoms with Gasteiger partial charge < -0.3 is 0 Å². The Kier molecular flexibility index (Phi) is 7.68. The fraction of sp³-hybridized carbons (Fsp3) is 0.500. The molecular formula is C8H14S. The topological polar surface area (TPSA) is 0 Å². The molecular weight excluding hydrogens is 128 g/mol. The molecule has 0 aliphatic heterocycles. The molecule has 0 atom stereocenters. The normalized spacial score (nSPS) is 10.3. The van der Waals surface area contributed by atoms with Gasteiger partial charge in [-0.2, -0.15) is 0 Å². The van der Waals surface area contributed by atoms with Gasteiger partial charge in [0.25, 0.3) is 0 Å². The molecule has 0 aromatic heterocycles. The lowest BCUT2D eigenvalue weighted by Crippen LogP contribution is -1.62. The summed E-state index contributed by atoms with van der Waals surface area (Å²) >= 11 is 1.84. The highest BCUT2D eigenvalue weighted by molar-refractivity contribution is 8.02. The van der Waals surface area contributed by atoms with Crippen molar-refractivity contribution in [2.75, 3.05) is 5.75 Å². The first kappa shape index (κ1) is 8.83. The maximum atomic E-state index is 3.64. The number of thioether (sulfide) groups is 1. The minimum absolute atomic E-state index is 1.10. The third-order valence-corrected chi connectivity index (χ3v) is 1.61. The number of allylic oxidation sites excluding steroid dienone is 2. The zero-order valence-corrected chi connectivity index (χ0v) is 6.79. The minimum atomic E-state index is 1.10. The monoisotopic (exact) mass is 142 g/mol. The van der Waals surface area contributed by atoms with E-state index in [1.165, 1.54) is 5.75 Å². The molecule has 0 heterocycles. The molecule has 9 heavy (non-hydrogen) atoms. The molecule has 0 rings (SSSR count). The Hall–Kier alpha value is -0.170. The van der Waals surface area contributed by atoms with Gasteiger partial charge in [0.15, 0.2) is 0 Å². The molecule has 52 valence electrons. The minimum Gasteiger partial charge on any atom is -0.135 e. The van der Waals surface area contributed by atoms with Gasteiger partial charge in [-0.1, -0.05) is 19.1 Å². The van der Waals surface area contributed by atoms with Gasteiger partial charge in [-0.3, -0.25) is 0 Å². The van der Waals surface area contributed by atoms with E-state index in [1.807, 2.05) is 17.8 Å². The molecule has 0 spiro atoms. The summed E-state index contributed by atoms with van der Waals surface area (Å²) in [5.74, 6) is 1.17. The Morgan fingerprint density at radius 3 is 2.78 bits per heavy atom. The summed E-state index contributed by atoms with van der Waals surface area (Å²) < 4.78 is 0. The van der Waals surface area contributed by atoms with Gasteiger partial charge in [-0.25, -0.2) is 0 Å². The van der Waals surface area contributed by atoms with Crippen LogP contribution in [-0.4, -0.2) is 5.75 Å². The van der Waals surface area contributed by atoms with E-state index in [0.29, 0.717) is 0 Å². The van der Waals surface area contributed by atoms with E-state index < -0.39 is 0 Å². The van der Waals surface area contributed by atoms with Crippen molar-refractivity contribution in [3.8, 4) is 0 Å². The fourth-order valence-electron chi connectivity index (χ4n) is 0.446. The van der Waals surface area contributed by atoms with Crippen molar-refractivity contribution in [3.05, 3.63) is 24.1 Å². The second-order valence-electron chi connectivity index (χ2n) is 1.69. The first-order valence-electron chi connectivity index (χ1n) is 3.29. The van der Waals surface area contributed by atoms with Crippen molar-refractivity contribution in [1.29, 1.82) is 0 Å². The Bertz CT molecular complexity index is 84.6. The van der Waals surface area contributed by atoms with Crippen molar-refractivity contribution in [2.24, 2.45) is 0 Å². The number of rotatable bonds is 5. The van der Waals surface area contributed by atoms with Gasteiger partial charge in [0.05, 0.1) is 0 Å². The summed E-state index contributed by atoms with van der Waals surface area (Å²) in [6.45, 7) is 5.79. The molecule has 0 saturated carbocycles. The molecule has 0 aliphatic rings. The highest BCUT2D eigenvalue weighted by Gasteiger charge is 1.73. The van der Waals surface area contributed by atoms with E-state index >= 15 is 0 Å². The molecule has 0 aromatic carbocycles. The van der Waals surface area contributed by atoms with Crippen LogP contribution in [0, 0.1) is 0 Å². The lowest BCUT2D eigenvalue weighted by molar-refractivity contribution is 1.06. The van der Waals surface area contributed by atoms with Crippen LogP contribution in [-0.2, 0) is 0 Å². The second-order valence-corrected chi connectivity index (χ2v) is 2.88. The Balaban J connectivity index is 2.94. The summed E-state index contributed by atoms with van der Waals surface area (Å²) in [4.78, 5) is 0. The first-order chi connectivity index (χ1) is 4.41. The standard InChI is InChI=1S/C8H14S/c1-3-5-6-7-8-9-4-2/h3,7-8H,1,4-6H2,2H3/b8-7+. The highest BCUT2D eigenvalue weighted by atomic mass is 32.2. The SMILES string of the molecule is C=CCC/C=C/SCC. The van der Waals surface area contributed by atoms with Crippen molar-refractivity contribution < 1.29 is 0 Å². The quantitative estimate of drug-likeness (QED) is 0.419. The van der Waals surface area contributed by atoms with Crippen LogP contribution in [0.3, 0.4) is 0 Å². The zero-order valence-electron chi connectivity index (χ0n) is 5.97. The van der Waals surface area contributed by atoms with Gasteiger partial charge in [-0.15, -0.1) is 18.3 Å². The smallest absolute Gasteiger partial charge is 0.00546 e. The highest BCUT2D eigenvalue weighted by Crippen LogP contribution is 2.01. The van der Waals surface area contributed by atoms with Crippen LogP contribution < -0.4 is 0 Å². The first-order valence-corrected chi connectivity index (χ1v) is 4.34. The van der Waals surface area contributed by atoms with Crippen molar-refractivity contribution >= 4 is 11.8 Å². The molecule has 0 fully saturated rings. The molecule has 0 bridgehead atoms. The number of unbranched alkanes of at least 4 members (excludes halogenated alkanes) is 1. The van der Waals surface area contributed by atoms with Gasteiger partial charge in [0, 0.05) is 0 Å². The van der Waals surface area contributed by atoms with Gasteiger partial charge in [0.1, 0.15) is 0 Å². The zero-order chi connectivity index (χ0) is 6.95. The van der Waals surface area contributed by atoms with E-state index in [9.17, 15) is 0 Å². The maximum Gasteiger partial charge on any atom is -0.00546 e. The van der Waals surface area contributed by atoms with E-state index in [1.54, 1.807) is 0 Å². The van der Waals surface area contributed by atoms with Crippen LogP contribution in [0.1, 0.15) is 19.8 Å². The van der Waals surface area contributed by atoms with Crippen molar-refractivity contribution in [3.63, 3.8) is 0 Å². The predicted octanol–water partition coefficient (Wildman–Crippen LogP) is 3.22. The van der Waals surface area contributed by atoms with Crippen LogP contribution in [0.2, 0.25) is 0 Å². The largest absolute Gasteiger partial charge is 0.135 e. The van der Waals surface area contributed by atoms with Crippen LogP contribution >= 0.6 is 11.8 Å². The van der Waals surface area contributed by atoms with Crippen LogP contribution in [0.4, 0.5) is 0 Å². The maximum absolute atomic E-state index is 3.64. The summed E-state index contributed by atoms with van der Waals surface area (Å²) in [7, 11) is 0. The summed E-state index contributed by atoms with van der Waals surface area (Å²) in [6.07, 6.45) is 6.37. The van der Waals surface area contributed by atoms with Crippen LogP contribution in [0.15, 0.2) is 24.1 Å². The predicted molar refractivity (Wildman–Crippen MR) is 46.7 cm³/mol. The molecule has 1 heteroatoms. The molecule has 0 N–H and O–H groups in total. The Morgan fingerprint density at radius 2 is 2.22 bits per heavy atom. The summed E-state index contributed by atoms with van der Waals surface area (Å²) in [5, 5.41) is 2.16. The lowest BCUT2D eigenvalue weighted by atomic mass is 10.3. The van der Waals surface area contributed by atoms with Crippen LogP contribution in [0.5, 0.6) is 0 Å². The number of hydrogen-bond donors (Lipinski definition) is 0. The Morgan fingerprint density at radius 1 is 1.44 bits per heavy atom. The second kappa shape index (κ2) is 7.83. The third kappa shape index (κ3) is 7.83. The van der Waals surface area contributed by atoms with Crippen molar-refractivity contribution in [2.45, 2.75) is 19.8 Å². The van der Waals surface area contributed by atoms with E-state index in [4.69, 9.17) is 0 Å². The fourth-order valence-corrected chi connectivity index (χ4v) is 0.911.